The molecule has 1 amide bonds. The van der Waals surface area contributed by atoms with Gasteiger partial charge in [-0.3, -0.25) is 9.78 Å². The number of hydrogen-bond acceptors (Lipinski definition) is 5. The Morgan fingerprint density at radius 1 is 0.938 bits per heavy atom. The molecule has 0 aliphatic carbocycles. The maximum atomic E-state index is 12.7. The zero-order chi connectivity index (χ0) is 21.8. The SMILES string of the molecule is O=C(Nc1cccc(Oc2cnccn2)c1)c1ccc(N2CCc3ccccc3C2)cc1. The molecule has 6 heteroatoms. The number of rotatable bonds is 5. The molecule has 0 radical (unpaired) electrons. The smallest absolute Gasteiger partial charge is 0.255 e. The van der Waals surface area contributed by atoms with Crippen molar-refractivity contribution in [3.63, 3.8) is 0 Å². The quantitative estimate of drug-likeness (QED) is 0.486. The molecule has 158 valence electrons. The molecule has 1 aliphatic heterocycles. The summed E-state index contributed by atoms with van der Waals surface area (Å²) >= 11 is 0. The van der Waals surface area contributed by atoms with Gasteiger partial charge in [0, 0.05) is 48.5 Å². The normalized spacial score (nSPS) is 12.7. The first-order chi connectivity index (χ1) is 15.7. The molecule has 6 nitrogen and oxygen atoms in total. The lowest BCUT2D eigenvalue weighted by atomic mass is 9.99. The second kappa shape index (κ2) is 8.89. The van der Waals surface area contributed by atoms with E-state index in [0.29, 0.717) is 22.9 Å². The second-order valence-corrected chi connectivity index (χ2v) is 7.61. The third-order valence-corrected chi connectivity index (χ3v) is 5.48. The van der Waals surface area contributed by atoms with E-state index in [-0.39, 0.29) is 5.91 Å². The third-order valence-electron chi connectivity index (χ3n) is 5.48. The zero-order valence-electron chi connectivity index (χ0n) is 17.4. The van der Waals surface area contributed by atoms with Crippen LogP contribution in [0.4, 0.5) is 11.4 Å². The predicted molar refractivity (Wildman–Crippen MR) is 124 cm³/mol. The number of carbonyl (C=O) groups is 1. The van der Waals surface area contributed by atoms with Crippen LogP contribution in [0.5, 0.6) is 11.6 Å². The van der Waals surface area contributed by atoms with Crippen LogP contribution in [0.1, 0.15) is 21.5 Å². The van der Waals surface area contributed by atoms with Crippen LogP contribution in [0.25, 0.3) is 0 Å². The Morgan fingerprint density at radius 3 is 2.59 bits per heavy atom. The van der Waals surface area contributed by atoms with E-state index in [1.165, 1.54) is 17.3 Å². The Balaban J connectivity index is 1.24. The molecule has 1 aliphatic rings. The number of benzene rings is 3. The van der Waals surface area contributed by atoms with E-state index in [2.05, 4.69) is 44.5 Å². The van der Waals surface area contributed by atoms with Gasteiger partial charge in [0.1, 0.15) is 5.75 Å². The number of nitrogens with zero attached hydrogens (tertiary/aromatic N) is 3. The molecule has 4 aromatic rings. The van der Waals surface area contributed by atoms with Crippen molar-refractivity contribution in [3.05, 3.63) is 108 Å². The lowest BCUT2D eigenvalue weighted by Gasteiger charge is -2.30. The van der Waals surface area contributed by atoms with E-state index in [1.54, 1.807) is 24.5 Å². The van der Waals surface area contributed by atoms with Crippen LogP contribution < -0.4 is 15.0 Å². The molecule has 1 N–H and O–H groups in total. The monoisotopic (exact) mass is 422 g/mol. The molecule has 0 saturated heterocycles. The van der Waals surface area contributed by atoms with Gasteiger partial charge in [0.05, 0.1) is 6.20 Å². The highest BCUT2D eigenvalue weighted by atomic mass is 16.5. The first kappa shape index (κ1) is 19.8. The molecular formula is C26H22N4O2. The van der Waals surface area contributed by atoms with E-state index in [9.17, 15) is 4.79 Å². The van der Waals surface area contributed by atoms with Crippen molar-refractivity contribution >= 4 is 17.3 Å². The number of aromatic nitrogens is 2. The van der Waals surface area contributed by atoms with Crippen LogP contribution in [0.15, 0.2) is 91.4 Å². The topological polar surface area (TPSA) is 67.3 Å². The van der Waals surface area contributed by atoms with Gasteiger partial charge in [-0.2, -0.15) is 0 Å². The fraction of sp³-hybridized carbons (Fsp3) is 0.115. The van der Waals surface area contributed by atoms with Crippen molar-refractivity contribution in [1.82, 2.24) is 9.97 Å². The minimum absolute atomic E-state index is 0.169. The number of carbonyl (C=O) groups excluding carboxylic acids is 1. The summed E-state index contributed by atoms with van der Waals surface area (Å²) in [5.41, 5.74) is 5.16. The molecule has 2 heterocycles. The van der Waals surface area contributed by atoms with Crippen molar-refractivity contribution in [2.45, 2.75) is 13.0 Å². The summed E-state index contributed by atoms with van der Waals surface area (Å²) in [5, 5.41) is 2.93. The van der Waals surface area contributed by atoms with Crippen molar-refractivity contribution in [2.24, 2.45) is 0 Å². The summed E-state index contributed by atoms with van der Waals surface area (Å²) in [6, 6.07) is 23.5. The summed E-state index contributed by atoms with van der Waals surface area (Å²) in [4.78, 5) is 23.2. The second-order valence-electron chi connectivity index (χ2n) is 7.61. The van der Waals surface area contributed by atoms with Gasteiger partial charge in [0.2, 0.25) is 5.88 Å². The Hall–Kier alpha value is -4.19. The van der Waals surface area contributed by atoms with E-state index in [4.69, 9.17) is 4.74 Å². The predicted octanol–water partition coefficient (Wildman–Crippen LogP) is 5.08. The Labute approximate surface area is 186 Å². The van der Waals surface area contributed by atoms with Crippen LogP contribution in [-0.4, -0.2) is 22.4 Å². The zero-order valence-corrected chi connectivity index (χ0v) is 17.4. The summed E-state index contributed by atoms with van der Waals surface area (Å²) in [5.74, 6) is 0.799. The van der Waals surface area contributed by atoms with E-state index in [0.717, 1.165) is 25.2 Å². The molecule has 0 fully saturated rings. The molecule has 0 unspecified atom stereocenters. The maximum absolute atomic E-state index is 12.7. The highest BCUT2D eigenvalue weighted by Crippen LogP contribution is 2.26. The third kappa shape index (κ3) is 4.44. The van der Waals surface area contributed by atoms with Gasteiger partial charge in [-0.15, -0.1) is 0 Å². The molecule has 1 aromatic heterocycles. The number of fused-ring (bicyclic) bond motifs is 1. The van der Waals surface area contributed by atoms with E-state index in [1.807, 2.05) is 36.4 Å². The fourth-order valence-electron chi connectivity index (χ4n) is 3.84. The summed E-state index contributed by atoms with van der Waals surface area (Å²) in [7, 11) is 0. The van der Waals surface area contributed by atoms with Gasteiger partial charge in [-0.05, 0) is 53.9 Å². The largest absolute Gasteiger partial charge is 0.437 e. The lowest BCUT2D eigenvalue weighted by Crippen LogP contribution is -2.30. The van der Waals surface area contributed by atoms with Gasteiger partial charge >= 0.3 is 0 Å². The molecule has 3 aromatic carbocycles. The van der Waals surface area contributed by atoms with Gasteiger partial charge < -0.3 is 15.0 Å². The van der Waals surface area contributed by atoms with Crippen molar-refractivity contribution < 1.29 is 9.53 Å². The Morgan fingerprint density at radius 2 is 1.78 bits per heavy atom. The van der Waals surface area contributed by atoms with Gasteiger partial charge in [-0.1, -0.05) is 30.3 Å². The van der Waals surface area contributed by atoms with Crippen molar-refractivity contribution in [3.8, 4) is 11.6 Å². The van der Waals surface area contributed by atoms with Crippen LogP contribution in [-0.2, 0) is 13.0 Å². The number of hydrogen-bond donors (Lipinski definition) is 1. The Kier molecular flexibility index (Phi) is 5.49. The summed E-state index contributed by atoms with van der Waals surface area (Å²) < 4.78 is 5.68. The highest BCUT2D eigenvalue weighted by Gasteiger charge is 2.16. The van der Waals surface area contributed by atoms with Crippen molar-refractivity contribution in [2.75, 3.05) is 16.8 Å². The average Bonchev–Trinajstić information content (AvgIpc) is 2.85. The van der Waals surface area contributed by atoms with E-state index < -0.39 is 0 Å². The van der Waals surface area contributed by atoms with Gasteiger partial charge in [0.15, 0.2) is 0 Å². The first-order valence-electron chi connectivity index (χ1n) is 10.5. The lowest BCUT2D eigenvalue weighted by molar-refractivity contribution is 0.102. The molecule has 32 heavy (non-hydrogen) atoms. The van der Waals surface area contributed by atoms with E-state index >= 15 is 0 Å². The van der Waals surface area contributed by atoms with Crippen LogP contribution in [0.2, 0.25) is 0 Å². The minimum Gasteiger partial charge on any atom is -0.437 e. The van der Waals surface area contributed by atoms with Crippen LogP contribution >= 0.6 is 0 Å². The number of ether oxygens (including phenoxy) is 1. The molecule has 5 rings (SSSR count). The molecular weight excluding hydrogens is 400 g/mol. The minimum atomic E-state index is -0.169. The summed E-state index contributed by atoms with van der Waals surface area (Å²) in [6.45, 7) is 1.86. The van der Waals surface area contributed by atoms with Crippen molar-refractivity contribution in [1.29, 1.82) is 0 Å². The molecule has 0 bridgehead atoms. The summed E-state index contributed by atoms with van der Waals surface area (Å²) in [6.07, 6.45) is 5.71. The number of nitrogens with one attached hydrogen (secondary N) is 1. The highest BCUT2D eigenvalue weighted by molar-refractivity contribution is 6.04. The maximum Gasteiger partial charge on any atom is 0.255 e. The Bertz CT molecular complexity index is 1230. The molecule has 0 saturated carbocycles. The number of amides is 1. The van der Waals surface area contributed by atoms with Gasteiger partial charge in [-0.25, -0.2) is 4.98 Å². The fourth-order valence-corrected chi connectivity index (χ4v) is 3.84. The standard InChI is InChI=1S/C26H22N4O2/c31-26(29-22-6-3-7-24(16-22)32-25-17-27-13-14-28-25)20-8-10-23(11-9-20)30-15-12-19-4-1-2-5-21(19)18-30/h1-11,13-14,16-17H,12,15,18H2,(H,29,31). The number of anilines is 2. The average molecular weight is 422 g/mol. The molecule has 0 atom stereocenters. The molecule has 0 spiro atoms. The van der Waals surface area contributed by atoms with Crippen LogP contribution in [0, 0.1) is 0 Å². The first-order valence-corrected chi connectivity index (χ1v) is 10.5. The van der Waals surface area contributed by atoms with Crippen LogP contribution in [0.3, 0.4) is 0 Å². The van der Waals surface area contributed by atoms with Gasteiger partial charge in [0.25, 0.3) is 5.91 Å².